The van der Waals surface area contributed by atoms with Crippen LogP contribution >= 0.6 is 0 Å². The molecule has 24 heavy (non-hydrogen) atoms. The number of nitrogens with zero attached hydrogens (tertiary/aromatic N) is 3. The van der Waals surface area contributed by atoms with Gasteiger partial charge in [-0.2, -0.15) is 0 Å². The highest BCUT2D eigenvalue weighted by Gasteiger charge is 2.28. The lowest BCUT2D eigenvalue weighted by Gasteiger charge is -2.20. The zero-order valence-corrected chi connectivity index (χ0v) is 14.6. The molecule has 1 aromatic rings. The van der Waals surface area contributed by atoms with E-state index in [0.717, 1.165) is 18.0 Å². The Morgan fingerprint density at radius 3 is 2.92 bits per heavy atom. The van der Waals surface area contributed by atoms with E-state index in [1.165, 1.54) is 0 Å². The molecule has 0 aliphatic carbocycles. The van der Waals surface area contributed by atoms with Crippen LogP contribution in [-0.2, 0) is 9.59 Å². The Kier molecular flexibility index (Phi) is 6.40. The van der Waals surface area contributed by atoms with E-state index < -0.39 is 0 Å². The van der Waals surface area contributed by atoms with Crippen LogP contribution in [0.5, 0.6) is 5.75 Å². The first kappa shape index (κ1) is 18.0. The molecule has 2 amide bonds. The Bertz CT molecular complexity index is 577. The van der Waals surface area contributed by atoms with Crippen LogP contribution in [0, 0.1) is 0 Å². The second kappa shape index (κ2) is 8.52. The van der Waals surface area contributed by atoms with Crippen molar-refractivity contribution < 1.29 is 14.3 Å². The van der Waals surface area contributed by atoms with Gasteiger partial charge in [0.2, 0.25) is 11.8 Å². The number of ether oxygens (including phenoxy) is 1. The molecule has 1 fully saturated rings. The van der Waals surface area contributed by atoms with E-state index in [-0.39, 0.29) is 30.8 Å². The molecule has 1 atom stereocenters. The zero-order valence-electron chi connectivity index (χ0n) is 14.6. The summed E-state index contributed by atoms with van der Waals surface area (Å²) in [7, 11) is 3.84. The monoisotopic (exact) mass is 334 g/mol. The second-order valence-corrected chi connectivity index (χ2v) is 6.04. The first-order valence-electron chi connectivity index (χ1n) is 8.34. The van der Waals surface area contributed by atoms with E-state index in [2.05, 4.69) is 10.3 Å². The molecule has 0 aromatic carbocycles. The number of likely N-dealkylation sites (tertiary alicyclic amines) is 1. The number of amides is 2. The number of pyridine rings is 1. The molecule has 2 heterocycles. The average molecular weight is 334 g/mol. The smallest absolute Gasteiger partial charge is 0.223 e. The number of hydrogen-bond donors (Lipinski definition) is 1. The summed E-state index contributed by atoms with van der Waals surface area (Å²) in [4.78, 5) is 31.6. The van der Waals surface area contributed by atoms with Gasteiger partial charge in [-0.15, -0.1) is 0 Å². The number of hydrogen-bond acceptors (Lipinski definition) is 5. The third kappa shape index (κ3) is 4.84. The van der Waals surface area contributed by atoms with Crippen molar-refractivity contribution in [1.82, 2.24) is 15.2 Å². The Morgan fingerprint density at radius 2 is 2.21 bits per heavy atom. The summed E-state index contributed by atoms with van der Waals surface area (Å²) in [6.07, 6.45) is 2.96. The van der Waals surface area contributed by atoms with E-state index in [0.29, 0.717) is 19.6 Å². The van der Waals surface area contributed by atoms with E-state index in [1.807, 2.05) is 38.1 Å². The molecular formula is C17H26N4O3. The third-order valence-corrected chi connectivity index (χ3v) is 3.91. The summed E-state index contributed by atoms with van der Waals surface area (Å²) in [5.74, 6) is 1.43. The van der Waals surface area contributed by atoms with Gasteiger partial charge in [0.05, 0.1) is 6.54 Å². The van der Waals surface area contributed by atoms with Crippen LogP contribution in [0.3, 0.4) is 0 Å². The van der Waals surface area contributed by atoms with E-state index in [4.69, 9.17) is 4.74 Å². The van der Waals surface area contributed by atoms with Gasteiger partial charge in [0, 0.05) is 52.6 Å². The number of aromatic nitrogens is 1. The molecule has 1 saturated heterocycles. The van der Waals surface area contributed by atoms with Crippen molar-refractivity contribution in [2.75, 3.05) is 38.6 Å². The largest absolute Gasteiger partial charge is 0.485 e. The van der Waals surface area contributed by atoms with Crippen LogP contribution in [0.1, 0.15) is 26.2 Å². The summed E-state index contributed by atoms with van der Waals surface area (Å²) in [6.45, 7) is 3.67. The summed E-state index contributed by atoms with van der Waals surface area (Å²) in [6, 6.07) is 3.73. The molecule has 2 rings (SSSR count). The Labute approximate surface area is 143 Å². The molecule has 0 spiro atoms. The third-order valence-electron chi connectivity index (χ3n) is 3.91. The number of rotatable bonds is 7. The van der Waals surface area contributed by atoms with Crippen molar-refractivity contribution in [2.45, 2.75) is 32.3 Å². The highest BCUT2D eigenvalue weighted by atomic mass is 16.5. The number of carbonyl (C=O) groups is 2. The van der Waals surface area contributed by atoms with Crippen molar-refractivity contribution in [3.8, 4) is 5.75 Å². The van der Waals surface area contributed by atoms with Gasteiger partial charge in [0.25, 0.3) is 0 Å². The maximum atomic E-state index is 12.2. The van der Waals surface area contributed by atoms with E-state index in [9.17, 15) is 9.59 Å². The number of carbonyl (C=O) groups excluding carboxylic acids is 2. The van der Waals surface area contributed by atoms with Gasteiger partial charge >= 0.3 is 0 Å². The fraction of sp³-hybridized carbons (Fsp3) is 0.588. The van der Waals surface area contributed by atoms with E-state index >= 15 is 0 Å². The van der Waals surface area contributed by atoms with E-state index in [1.54, 1.807) is 11.1 Å². The highest BCUT2D eigenvalue weighted by molar-refractivity contribution is 5.83. The minimum Gasteiger partial charge on any atom is -0.485 e. The van der Waals surface area contributed by atoms with Crippen molar-refractivity contribution in [1.29, 1.82) is 0 Å². The molecule has 7 nitrogen and oxygen atoms in total. The molecule has 0 saturated carbocycles. The molecule has 0 bridgehead atoms. The summed E-state index contributed by atoms with van der Waals surface area (Å²) < 4.78 is 6.03. The SMILES string of the molecule is CCNC(=O)CCC(=O)N1CC[C@H](Oc2cccnc2N(C)C)C1. The van der Waals surface area contributed by atoms with Crippen LogP contribution in [-0.4, -0.2) is 61.5 Å². The van der Waals surface area contributed by atoms with Gasteiger partial charge in [-0.1, -0.05) is 0 Å². The van der Waals surface area contributed by atoms with Crippen LogP contribution < -0.4 is 15.0 Å². The van der Waals surface area contributed by atoms with Crippen molar-refractivity contribution >= 4 is 17.6 Å². The molecule has 1 aromatic heterocycles. The molecular weight excluding hydrogens is 308 g/mol. The minimum absolute atomic E-state index is 0.00590. The lowest BCUT2D eigenvalue weighted by atomic mass is 10.2. The summed E-state index contributed by atoms with van der Waals surface area (Å²) in [5, 5.41) is 2.70. The lowest BCUT2D eigenvalue weighted by molar-refractivity contribution is -0.132. The average Bonchev–Trinajstić information content (AvgIpc) is 3.02. The number of nitrogens with one attached hydrogen (secondary N) is 1. The van der Waals surface area contributed by atoms with Crippen LogP contribution in [0.4, 0.5) is 5.82 Å². The van der Waals surface area contributed by atoms with Crippen molar-refractivity contribution in [2.24, 2.45) is 0 Å². The van der Waals surface area contributed by atoms with Gasteiger partial charge in [-0.25, -0.2) is 4.98 Å². The minimum atomic E-state index is -0.0798. The van der Waals surface area contributed by atoms with Crippen LogP contribution in [0.25, 0.3) is 0 Å². The predicted molar refractivity (Wildman–Crippen MR) is 92.1 cm³/mol. The van der Waals surface area contributed by atoms with Crippen molar-refractivity contribution in [3.63, 3.8) is 0 Å². The predicted octanol–water partition coefficient (Wildman–Crippen LogP) is 1.04. The Morgan fingerprint density at radius 1 is 1.42 bits per heavy atom. The highest BCUT2D eigenvalue weighted by Crippen LogP contribution is 2.26. The first-order valence-corrected chi connectivity index (χ1v) is 8.34. The molecule has 1 aliphatic heterocycles. The quantitative estimate of drug-likeness (QED) is 0.806. The molecule has 0 unspecified atom stereocenters. The molecule has 0 radical (unpaired) electrons. The molecule has 1 N–H and O–H groups in total. The molecule has 7 heteroatoms. The standard InChI is InChI=1S/C17H26N4O3/c1-4-18-15(22)7-8-16(23)21-11-9-13(12-21)24-14-6-5-10-19-17(14)20(2)3/h5-6,10,13H,4,7-9,11-12H2,1-3H3,(H,18,22)/t13-/m0/s1. The normalized spacial score (nSPS) is 16.8. The fourth-order valence-electron chi connectivity index (χ4n) is 2.70. The molecule has 1 aliphatic rings. The van der Waals surface area contributed by atoms with Crippen LogP contribution in [0.15, 0.2) is 18.3 Å². The van der Waals surface area contributed by atoms with Gasteiger partial charge in [-0.05, 0) is 19.1 Å². The Balaban J connectivity index is 1.85. The lowest BCUT2D eigenvalue weighted by Crippen LogP contribution is -2.32. The topological polar surface area (TPSA) is 74.8 Å². The van der Waals surface area contributed by atoms with Gasteiger partial charge < -0.3 is 19.9 Å². The molecule has 132 valence electrons. The van der Waals surface area contributed by atoms with Crippen LogP contribution in [0.2, 0.25) is 0 Å². The van der Waals surface area contributed by atoms with Gasteiger partial charge in [0.1, 0.15) is 6.10 Å². The zero-order chi connectivity index (χ0) is 17.5. The first-order chi connectivity index (χ1) is 11.5. The number of anilines is 1. The summed E-state index contributed by atoms with van der Waals surface area (Å²) >= 11 is 0. The maximum absolute atomic E-state index is 12.2. The summed E-state index contributed by atoms with van der Waals surface area (Å²) in [5.41, 5.74) is 0. The van der Waals surface area contributed by atoms with Gasteiger partial charge in [-0.3, -0.25) is 9.59 Å². The van der Waals surface area contributed by atoms with Crippen molar-refractivity contribution in [3.05, 3.63) is 18.3 Å². The van der Waals surface area contributed by atoms with Gasteiger partial charge in [0.15, 0.2) is 11.6 Å². The Hall–Kier alpha value is -2.31. The second-order valence-electron chi connectivity index (χ2n) is 6.04. The maximum Gasteiger partial charge on any atom is 0.223 e. The fourth-order valence-corrected chi connectivity index (χ4v) is 2.70.